The Kier molecular flexibility index (Phi) is 2.87. The number of hydrogen-bond donors (Lipinski definition) is 0. The summed E-state index contributed by atoms with van der Waals surface area (Å²) in [5, 5.41) is 0. The summed E-state index contributed by atoms with van der Waals surface area (Å²) < 4.78 is 12.6. The summed E-state index contributed by atoms with van der Waals surface area (Å²) in [6, 6.07) is 0. The third kappa shape index (κ3) is 2.10. The third-order valence-electron chi connectivity index (χ3n) is 1.93. The summed E-state index contributed by atoms with van der Waals surface area (Å²) >= 11 is 0. The van der Waals surface area contributed by atoms with Crippen LogP contribution in [0.1, 0.15) is 19.8 Å². The average Bonchev–Trinajstić information content (AvgIpc) is 2.14. The van der Waals surface area contributed by atoms with E-state index in [1.165, 1.54) is 0 Å². The minimum absolute atomic E-state index is 0.0657. The molecule has 1 aliphatic rings. The largest absolute Gasteiger partial charge is 0.303 e. The van der Waals surface area contributed by atoms with Crippen molar-refractivity contribution in [3.8, 4) is 0 Å². The van der Waals surface area contributed by atoms with Gasteiger partial charge < -0.3 is 4.90 Å². The molecular weight excluding hydrogens is 129 g/mol. The van der Waals surface area contributed by atoms with Crippen LogP contribution >= 0.6 is 0 Å². The normalized spacial score (nSPS) is 22.0. The summed E-state index contributed by atoms with van der Waals surface area (Å²) in [4.78, 5) is 2.27. The van der Waals surface area contributed by atoms with E-state index in [9.17, 15) is 4.39 Å². The molecule has 10 heavy (non-hydrogen) atoms. The zero-order valence-electron chi connectivity index (χ0n) is 6.44. The van der Waals surface area contributed by atoms with E-state index in [0.717, 1.165) is 26.1 Å². The second kappa shape index (κ2) is 3.71. The standard InChI is InChI=1S/C8H14FN/c1-2-10-6-3-4-8(9)5-7-10/h4H,2-3,5-7H2,1H3. The quantitative estimate of drug-likeness (QED) is 0.542. The minimum Gasteiger partial charge on any atom is -0.303 e. The maximum Gasteiger partial charge on any atom is 0.0973 e. The topological polar surface area (TPSA) is 3.24 Å². The number of halogens is 1. The molecule has 1 aliphatic heterocycles. The van der Waals surface area contributed by atoms with Gasteiger partial charge in [-0.1, -0.05) is 13.0 Å². The van der Waals surface area contributed by atoms with Gasteiger partial charge in [-0.15, -0.1) is 0 Å². The molecule has 0 saturated carbocycles. The molecule has 0 bridgehead atoms. The van der Waals surface area contributed by atoms with E-state index in [-0.39, 0.29) is 5.83 Å². The summed E-state index contributed by atoms with van der Waals surface area (Å²) in [6.07, 6.45) is 3.18. The Morgan fingerprint density at radius 3 is 3.10 bits per heavy atom. The molecule has 0 aromatic rings. The lowest BCUT2D eigenvalue weighted by molar-refractivity contribution is 0.299. The highest BCUT2D eigenvalue weighted by Crippen LogP contribution is 2.10. The van der Waals surface area contributed by atoms with Gasteiger partial charge in [0, 0.05) is 19.5 Å². The van der Waals surface area contributed by atoms with Crippen LogP contribution in [0.2, 0.25) is 0 Å². The molecule has 0 saturated heterocycles. The monoisotopic (exact) mass is 143 g/mol. The van der Waals surface area contributed by atoms with Crippen LogP contribution in [0, 0.1) is 0 Å². The van der Waals surface area contributed by atoms with Gasteiger partial charge >= 0.3 is 0 Å². The van der Waals surface area contributed by atoms with E-state index >= 15 is 0 Å². The first kappa shape index (κ1) is 7.73. The van der Waals surface area contributed by atoms with Crippen LogP contribution in [-0.4, -0.2) is 24.5 Å². The lowest BCUT2D eigenvalue weighted by atomic mass is 10.3. The zero-order chi connectivity index (χ0) is 7.40. The van der Waals surface area contributed by atoms with Crippen LogP contribution in [0.4, 0.5) is 4.39 Å². The molecule has 0 aromatic heterocycles. The van der Waals surface area contributed by atoms with Crippen molar-refractivity contribution < 1.29 is 4.39 Å². The van der Waals surface area contributed by atoms with Crippen molar-refractivity contribution in [2.24, 2.45) is 0 Å². The fourth-order valence-corrected chi connectivity index (χ4v) is 1.20. The van der Waals surface area contributed by atoms with Crippen LogP contribution in [0.15, 0.2) is 11.9 Å². The van der Waals surface area contributed by atoms with Crippen molar-refractivity contribution >= 4 is 0 Å². The molecule has 0 radical (unpaired) electrons. The van der Waals surface area contributed by atoms with Crippen LogP contribution in [0.5, 0.6) is 0 Å². The van der Waals surface area contributed by atoms with E-state index in [1.54, 1.807) is 6.08 Å². The Balaban J connectivity index is 2.36. The molecule has 2 heteroatoms. The van der Waals surface area contributed by atoms with Crippen molar-refractivity contribution in [1.82, 2.24) is 4.90 Å². The lowest BCUT2D eigenvalue weighted by Gasteiger charge is -2.15. The van der Waals surface area contributed by atoms with Crippen molar-refractivity contribution in [3.05, 3.63) is 11.9 Å². The Labute approximate surface area is 61.5 Å². The Hall–Kier alpha value is -0.370. The maximum absolute atomic E-state index is 12.6. The molecular formula is C8H14FN. The molecule has 0 aliphatic carbocycles. The van der Waals surface area contributed by atoms with Crippen molar-refractivity contribution in [2.75, 3.05) is 19.6 Å². The molecule has 0 aromatic carbocycles. The van der Waals surface area contributed by atoms with Gasteiger partial charge in [-0.05, 0) is 13.0 Å². The second-order valence-corrected chi connectivity index (χ2v) is 2.62. The lowest BCUT2D eigenvalue weighted by Crippen LogP contribution is -2.24. The molecule has 0 fully saturated rings. The average molecular weight is 143 g/mol. The number of hydrogen-bond acceptors (Lipinski definition) is 1. The second-order valence-electron chi connectivity index (χ2n) is 2.62. The molecule has 1 heterocycles. The first-order valence-electron chi connectivity index (χ1n) is 3.90. The van der Waals surface area contributed by atoms with Crippen LogP contribution in [-0.2, 0) is 0 Å². The third-order valence-corrected chi connectivity index (χ3v) is 1.93. The zero-order valence-corrected chi connectivity index (χ0v) is 6.44. The highest BCUT2D eigenvalue weighted by Gasteiger charge is 2.06. The van der Waals surface area contributed by atoms with Gasteiger partial charge in [0.15, 0.2) is 0 Å². The van der Waals surface area contributed by atoms with Gasteiger partial charge in [-0.25, -0.2) is 4.39 Å². The first-order valence-corrected chi connectivity index (χ1v) is 3.90. The van der Waals surface area contributed by atoms with Crippen LogP contribution in [0.25, 0.3) is 0 Å². The van der Waals surface area contributed by atoms with Gasteiger partial charge in [-0.3, -0.25) is 0 Å². The predicted molar refractivity (Wildman–Crippen MR) is 40.5 cm³/mol. The molecule has 0 N–H and O–H groups in total. The highest BCUT2D eigenvalue weighted by molar-refractivity contribution is 4.95. The fourth-order valence-electron chi connectivity index (χ4n) is 1.20. The van der Waals surface area contributed by atoms with Crippen molar-refractivity contribution in [2.45, 2.75) is 19.8 Å². The molecule has 0 amide bonds. The molecule has 0 spiro atoms. The van der Waals surface area contributed by atoms with E-state index in [4.69, 9.17) is 0 Å². The Morgan fingerprint density at radius 2 is 2.40 bits per heavy atom. The van der Waals surface area contributed by atoms with Gasteiger partial charge in [0.2, 0.25) is 0 Å². The Bertz CT molecular complexity index is 131. The van der Waals surface area contributed by atoms with Gasteiger partial charge in [-0.2, -0.15) is 0 Å². The maximum atomic E-state index is 12.6. The molecule has 1 nitrogen and oxygen atoms in total. The molecule has 1 rings (SSSR count). The molecule has 58 valence electrons. The predicted octanol–water partition coefficient (Wildman–Crippen LogP) is 1.96. The number of rotatable bonds is 1. The summed E-state index contributed by atoms with van der Waals surface area (Å²) in [5.41, 5.74) is 0. The smallest absolute Gasteiger partial charge is 0.0973 e. The summed E-state index contributed by atoms with van der Waals surface area (Å²) in [6.45, 7) is 5.06. The van der Waals surface area contributed by atoms with Crippen molar-refractivity contribution in [1.29, 1.82) is 0 Å². The van der Waals surface area contributed by atoms with E-state index < -0.39 is 0 Å². The van der Waals surface area contributed by atoms with Crippen LogP contribution < -0.4 is 0 Å². The van der Waals surface area contributed by atoms with Crippen LogP contribution in [0.3, 0.4) is 0 Å². The van der Waals surface area contributed by atoms with Gasteiger partial charge in [0.1, 0.15) is 0 Å². The van der Waals surface area contributed by atoms with E-state index in [0.29, 0.717) is 6.42 Å². The molecule has 0 unspecified atom stereocenters. The van der Waals surface area contributed by atoms with Crippen molar-refractivity contribution in [3.63, 3.8) is 0 Å². The van der Waals surface area contributed by atoms with E-state index in [2.05, 4.69) is 11.8 Å². The first-order chi connectivity index (χ1) is 4.83. The highest BCUT2D eigenvalue weighted by atomic mass is 19.1. The van der Waals surface area contributed by atoms with Gasteiger partial charge in [0.25, 0.3) is 0 Å². The van der Waals surface area contributed by atoms with E-state index in [1.807, 2.05) is 0 Å². The SMILES string of the molecule is CCN1CCC=C(F)CC1. The molecule has 0 atom stereocenters. The summed E-state index contributed by atoms with van der Waals surface area (Å²) in [7, 11) is 0. The van der Waals surface area contributed by atoms with Gasteiger partial charge in [0.05, 0.1) is 5.83 Å². The minimum atomic E-state index is 0.0657. The Morgan fingerprint density at radius 1 is 1.60 bits per heavy atom. The summed E-state index contributed by atoms with van der Waals surface area (Å²) in [5.74, 6) is 0.0657. The number of nitrogens with zero attached hydrogens (tertiary/aromatic N) is 1. The fraction of sp³-hybridized carbons (Fsp3) is 0.750.